The van der Waals surface area contributed by atoms with Crippen molar-refractivity contribution in [2.24, 2.45) is 0 Å². The Morgan fingerprint density at radius 3 is 1.83 bits per heavy atom. The molecule has 0 unspecified atom stereocenters. The zero-order valence-electron chi connectivity index (χ0n) is 12.1. The van der Waals surface area contributed by atoms with Crippen LogP contribution in [-0.4, -0.2) is 16.7 Å². The first-order valence-electron chi connectivity index (χ1n) is 7.28. The number of carbonyl (C=O) groups is 2. The van der Waals surface area contributed by atoms with E-state index in [0.29, 0.717) is 16.7 Å². The number of hydrogen-bond acceptors (Lipinski definition) is 3. The summed E-state index contributed by atoms with van der Waals surface area (Å²) in [7, 11) is 0. The molecule has 1 N–H and O–H groups in total. The molecular weight excluding hydrogens is 288 g/mol. The van der Waals surface area contributed by atoms with Crippen LogP contribution >= 0.6 is 0 Å². The standard InChI is InChI=1S/C20H12O3/c21-18-14-8-4-5-9-15(14)20(23)17-16(18)11-10-13(19(17)22)12-6-2-1-3-7-12/h1-11,22H. The van der Waals surface area contributed by atoms with E-state index in [2.05, 4.69) is 0 Å². The van der Waals surface area contributed by atoms with Crippen molar-refractivity contribution < 1.29 is 14.7 Å². The molecule has 4 rings (SSSR count). The first kappa shape index (κ1) is 13.5. The predicted octanol–water partition coefficient (Wildman–Crippen LogP) is 3.83. The molecule has 0 bridgehead atoms. The molecule has 0 saturated carbocycles. The third-order valence-electron chi connectivity index (χ3n) is 4.15. The van der Waals surface area contributed by atoms with Crippen LogP contribution in [0.2, 0.25) is 0 Å². The number of hydrogen-bond donors (Lipinski definition) is 1. The summed E-state index contributed by atoms with van der Waals surface area (Å²) < 4.78 is 0. The van der Waals surface area contributed by atoms with Crippen molar-refractivity contribution in [3.63, 3.8) is 0 Å². The van der Waals surface area contributed by atoms with Gasteiger partial charge in [-0.3, -0.25) is 9.59 Å². The van der Waals surface area contributed by atoms with Gasteiger partial charge in [-0.2, -0.15) is 0 Å². The summed E-state index contributed by atoms with van der Waals surface area (Å²) in [4.78, 5) is 25.3. The Morgan fingerprint density at radius 1 is 0.565 bits per heavy atom. The fourth-order valence-electron chi connectivity index (χ4n) is 3.02. The van der Waals surface area contributed by atoms with E-state index in [9.17, 15) is 14.7 Å². The van der Waals surface area contributed by atoms with Gasteiger partial charge in [-0.25, -0.2) is 0 Å². The number of carbonyl (C=O) groups excluding carboxylic acids is 2. The van der Waals surface area contributed by atoms with Crippen molar-refractivity contribution in [2.75, 3.05) is 0 Å². The van der Waals surface area contributed by atoms with Gasteiger partial charge in [0.25, 0.3) is 0 Å². The number of phenolic OH excluding ortho intramolecular Hbond substituents is 1. The van der Waals surface area contributed by atoms with Gasteiger partial charge in [-0.15, -0.1) is 0 Å². The predicted molar refractivity (Wildman–Crippen MR) is 86.8 cm³/mol. The first-order chi connectivity index (χ1) is 11.2. The minimum atomic E-state index is -0.314. The smallest absolute Gasteiger partial charge is 0.198 e. The molecule has 0 aromatic heterocycles. The summed E-state index contributed by atoms with van der Waals surface area (Å²) in [6, 6.07) is 19.3. The lowest BCUT2D eigenvalue weighted by atomic mass is 9.82. The summed E-state index contributed by atoms with van der Waals surface area (Å²) in [5.74, 6) is -0.683. The van der Waals surface area contributed by atoms with Crippen molar-refractivity contribution in [3.8, 4) is 16.9 Å². The molecule has 0 aliphatic heterocycles. The van der Waals surface area contributed by atoms with Gasteiger partial charge in [0, 0.05) is 22.3 Å². The van der Waals surface area contributed by atoms with Crippen molar-refractivity contribution in [1.29, 1.82) is 0 Å². The maximum atomic E-state index is 12.7. The second-order valence-corrected chi connectivity index (χ2v) is 5.45. The lowest BCUT2D eigenvalue weighted by Crippen LogP contribution is -2.21. The van der Waals surface area contributed by atoms with Crippen LogP contribution in [0.25, 0.3) is 11.1 Å². The highest BCUT2D eigenvalue weighted by atomic mass is 16.3. The molecule has 0 heterocycles. The molecule has 0 amide bonds. The molecule has 3 aromatic rings. The van der Waals surface area contributed by atoms with Crippen LogP contribution in [0, 0.1) is 0 Å². The Hall–Kier alpha value is -3.20. The fraction of sp³-hybridized carbons (Fsp3) is 0. The summed E-state index contributed by atoms with van der Waals surface area (Å²) in [6.45, 7) is 0. The van der Waals surface area contributed by atoms with Gasteiger partial charge in [0.15, 0.2) is 11.6 Å². The van der Waals surface area contributed by atoms with E-state index in [-0.39, 0.29) is 28.4 Å². The second-order valence-electron chi connectivity index (χ2n) is 5.45. The van der Waals surface area contributed by atoms with Crippen molar-refractivity contribution in [2.45, 2.75) is 0 Å². The van der Waals surface area contributed by atoms with E-state index in [1.165, 1.54) is 0 Å². The Bertz CT molecular complexity index is 956. The third-order valence-corrected chi connectivity index (χ3v) is 4.15. The van der Waals surface area contributed by atoms with Gasteiger partial charge in [0.05, 0.1) is 5.56 Å². The van der Waals surface area contributed by atoms with Gasteiger partial charge in [-0.1, -0.05) is 54.6 Å². The largest absolute Gasteiger partial charge is 0.507 e. The summed E-state index contributed by atoms with van der Waals surface area (Å²) in [6.07, 6.45) is 0. The molecule has 3 nitrogen and oxygen atoms in total. The van der Waals surface area contributed by atoms with Gasteiger partial charge in [0.1, 0.15) is 5.75 Å². The van der Waals surface area contributed by atoms with Gasteiger partial charge >= 0.3 is 0 Å². The molecule has 23 heavy (non-hydrogen) atoms. The average molecular weight is 300 g/mol. The van der Waals surface area contributed by atoms with Crippen molar-refractivity contribution >= 4 is 11.6 Å². The Morgan fingerprint density at radius 2 is 1.13 bits per heavy atom. The topological polar surface area (TPSA) is 54.4 Å². The number of benzene rings is 3. The van der Waals surface area contributed by atoms with Gasteiger partial charge in [0.2, 0.25) is 0 Å². The lowest BCUT2D eigenvalue weighted by molar-refractivity contribution is 0.0977. The van der Waals surface area contributed by atoms with E-state index in [4.69, 9.17) is 0 Å². The maximum absolute atomic E-state index is 12.7. The normalized spacial score (nSPS) is 12.7. The zero-order valence-corrected chi connectivity index (χ0v) is 12.1. The number of rotatable bonds is 1. The first-order valence-corrected chi connectivity index (χ1v) is 7.28. The molecule has 110 valence electrons. The number of aromatic hydroxyl groups is 1. The quantitative estimate of drug-likeness (QED) is 0.581. The zero-order chi connectivity index (χ0) is 16.0. The van der Waals surface area contributed by atoms with E-state index in [1.54, 1.807) is 36.4 Å². The van der Waals surface area contributed by atoms with E-state index < -0.39 is 0 Å². The molecule has 3 heteroatoms. The van der Waals surface area contributed by atoms with Crippen LogP contribution in [0.3, 0.4) is 0 Å². The molecule has 0 spiro atoms. The van der Waals surface area contributed by atoms with Crippen LogP contribution < -0.4 is 0 Å². The monoisotopic (exact) mass is 300 g/mol. The van der Waals surface area contributed by atoms with Gasteiger partial charge < -0.3 is 5.11 Å². The van der Waals surface area contributed by atoms with Crippen LogP contribution in [0.15, 0.2) is 66.7 Å². The molecular formula is C20H12O3. The third kappa shape index (κ3) is 1.90. The second kappa shape index (κ2) is 4.92. The minimum Gasteiger partial charge on any atom is -0.507 e. The molecule has 1 aliphatic carbocycles. The minimum absolute atomic E-state index is 0.0926. The highest BCUT2D eigenvalue weighted by Crippen LogP contribution is 2.39. The number of phenols is 1. The molecule has 3 aromatic carbocycles. The van der Waals surface area contributed by atoms with Crippen LogP contribution in [0.5, 0.6) is 5.75 Å². The lowest BCUT2D eigenvalue weighted by Gasteiger charge is -2.19. The Labute approximate surface area is 132 Å². The van der Waals surface area contributed by atoms with Gasteiger partial charge in [-0.05, 0) is 17.7 Å². The molecule has 0 saturated heterocycles. The van der Waals surface area contributed by atoms with Crippen molar-refractivity contribution in [3.05, 3.63) is 89.0 Å². The number of fused-ring (bicyclic) bond motifs is 2. The summed E-state index contributed by atoms with van der Waals surface area (Å²) >= 11 is 0. The molecule has 0 fully saturated rings. The Kier molecular flexibility index (Phi) is 2.88. The average Bonchev–Trinajstić information content (AvgIpc) is 2.60. The highest BCUT2D eigenvalue weighted by Gasteiger charge is 2.32. The van der Waals surface area contributed by atoms with Crippen LogP contribution in [0.4, 0.5) is 0 Å². The fourth-order valence-corrected chi connectivity index (χ4v) is 3.02. The van der Waals surface area contributed by atoms with E-state index in [0.717, 1.165) is 5.56 Å². The van der Waals surface area contributed by atoms with Crippen LogP contribution in [-0.2, 0) is 0 Å². The molecule has 1 aliphatic rings. The van der Waals surface area contributed by atoms with Crippen molar-refractivity contribution in [1.82, 2.24) is 0 Å². The van der Waals surface area contributed by atoms with Crippen LogP contribution in [0.1, 0.15) is 31.8 Å². The van der Waals surface area contributed by atoms with E-state index in [1.807, 2.05) is 30.3 Å². The van der Waals surface area contributed by atoms with E-state index >= 15 is 0 Å². The summed E-state index contributed by atoms with van der Waals surface area (Å²) in [5.41, 5.74) is 2.42. The molecule has 0 radical (unpaired) electrons. The molecule has 0 atom stereocenters. The maximum Gasteiger partial charge on any atom is 0.198 e. The Balaban J connectivity index is 1.98. The SMILES string of the molecule is O=C1c2ccccc2C(=O)c2c1ccc(-c1ccccc1)c2O. The highest BCUT2D eigenvalue weighted by molar-refractivity contribution is 6.29. The number of ketones is 2. The summed E-state index contributed by atoms with van der Waals surface area (Å²) in [5, 5.41) is 10.6.